The molecule has 1 fully saturated rings. The molecule has 0 unspecified atom stereocenters. The number of hydrogen-bond acceptors (Lipinski definition) is 3. The second kappa shape index (κ2) is 5.56. The van der Waals surface area contributed by atoms with Gasteiger partial charge in [-0.1, -0.05) is 25.1 Å². The van der Waals surface area contributed by atoms with Crippen LogP contribution in [0.3, 0.4) is 0 Å². The maximum Gasteiger partial charge on any atom is 0.318 e. The number of rotatable bonds is 3. The van der Waals surface area contributed by atoms with Gasteiger partial charge in [-0.15, -0.1) is 0 Å². The SMILES string of the molecule is CCCNC(=O)N1[C@H](CO)[C@@H]2c3ccccc3N(C)C[C@@H]21. The van der Waals surface area contributed by atoms with Gasteiger partial charge in [0.25, 0.3) is 0 Å². The van der Waals surface area contributed by atoms with Crippen molar-refractivity contribution in [3.8, 4) is 0 Å². The van der Waals surface area contributed by atoms with Crippen molar-refractivity contribution in [3.05, 3.63) is 29.8 Å². The number of likely N-dealkylation sites (N-methyl/N-ethyl adjacent to an activating group) is 1. The molecule has 0 aliphatic carbocycles. The van der Waals surface area contributed by atoms with Gasteiger partial charge in [0.1, 0.15) is 0 Å². The van der Waals surface area contributed by atoms with E-state index in [1.165, 1.54) is 11.3 Å². The second-order valence-corrected chi connectivity index (χ2v) is 5.92. The van der Waals surface area contributed by atoms with Gasteiger partial charge in [-0.05, 0) is 18.1 Å². The average Bonchev–Trinajstić information content (AvgIpc) is 2.48. The lowest BCUT2D eigenvalue weighted by atomic mass is 9.72. The van der Waals surface area contributed by atoms with Crippen molar-refractivity contribution in [2.45, 2.75) is 31.3 Å². The Hall–Kier alpha value is -1.75. The summed E-state index contributed by atoms with van der Waals surface area (Å²) in [4.78, 5) is 16.3. The summed E-state index contributed by atoms with van der Waals surface area (Å²) in [6, 6.07) is 8.29. The third-order valence-electron chi connectivity index (χ3n) is 4.66. The largest absolute Gasteiger partial charge is 0.394 e. The number of hydrogen-bond donors (Lipinski definition) is 2. The highest BCUT2D eigenvalue weighted by atomic mass is 16.3. The molecule has 3 rings (SSSR count). The number of fused-ring (bicyclic) bond motifs is 3. The van der Waals surface area contributed by atoms with Gasteiger partial charge in [0.15, 0.2) is 0 Å². The van der Waals surface area contributed by atoms with Crippen LogP contribution in [0.2, 0.25) is 0 Å². The highest BCUT2D eigenvalue weighted by Crippen LogP contribution is 2.47. The molecule has 0 bridgehead atoms. The fraction of sp³-hybridized carbons (Fsp3) is 0.562. The van der Waals surface area contributed by atoms with E-state index in [-0.39, 0.29) is 30.6 Å². The number of urea groups is 1. The Morgan fingerprint density at radius 2 is 2.19 bits per heavy atom. The Labute approximate surface area is 125 Å². The summed E-state index contributed by atoms with van der Waals surface area (Å²) in [6.07, 6.45) is 0.917. The molecule has 2 aliphatic heterocycles. The topological polar surface area (TPSA) is 55.8 Å². The molecular weight excluding hydrogens is 266 g/mol. The van der Waals surface area contributed by atoms with E-state index in [9.17, 15) is 9.90 Å². The number of likely N-dealkylation sites (tertiary alicyclic amines) is 1. The van der Waals surface area contributed by atoms with Crippen LogP contribution in [0.4, 0.5) is 10.5 Å². The molecule has 0 radical (unpaired) electrons. The summed E-state index contributed by atoms with van der Waals surface area (Å²) >= 11 is 0. The summed E-state index contributed by atoms with van der Waals surface area (Å²) in [5, 5.41) is 12.7. The second-order valence-electron chi connectivity index (χ2n) is 5.92. The summed E-state index contributed by atoms with van der Waals surface area (Å²) in [6.45, 7) is 3.54. The van der Waals surface area contributed by atoms with Gasteiger partial charge >= 0.3 is 6.03 Å². The predicted octanol–water partition coefficient (Wildman–Crippen LogP) is 1.38. The number of amides is 2. The van der Waals surface area contributed by atoms with Crippen LogP contribution in [0.1, 0.15) is 24.8 Å². The van der Waals surface area contributed by atoms with Gasteiger partial charge in [-0.25, -0.2) is 4.79 Å². The molecule has 3 atom stereocenters. The summed E-state index contributed by atoms with van der Waals surface area (Å²) in [7, 11) is 2.06. The lowest BCUT2D eigenvalue weighted by Crippen LogP contribution is -2.71. The first-order chi connectivity index (χ1) is 10.2. The van der Waals surface area contributed by atoms with Crippen molar-refractivity contribution >= 4 is 11.7 Å². The van der Waals surface area contributed by atoms with Crippen LogP contribution in [0.25, 0.3) is 0 Å². The van der Waals surface area contributed by atoms with Crippen molar-refractivity contribution in [3.63, 3.8) is 0 Å². The number of nitrogens with zero attached hydrogens (tertiary/aromatic N) is 2. The van der Waals surface area contributed by atoms with Crippen LogP contribution < -0.4 is 10.2 Å². The van der Waals surface area contributed by atoms with Gasteiger partial charge in [0.2, 0.25) is 0 Å². The molecule has 0 saturated carbocycles. The molecule has 2 N–H and O–H groups in total. The first-order valence-electron chi connectivity index (χ1n) is 7.66. The van der Waals surface area contributed by atoms with Gasteiger partial charge in [-0.2, -0.15) is 0 Å². The molecule has 5 nitrogen and oxygen atoms in total. The van der Waals surface area contributed by atoms with Crippen LogP contribution in [0.5, 0.6) is 0 Å². The number of para-hydroxylation sites is 1. The Kier molecular flexibility index (Phi) is 3.76. The number of aliphatic hydroxyl groups excluding tert-OH is 1. The average molecular weight is 289 g/mol. The predicted molar refractivity (Wildman–Crippen MR) is 82.6 cm³/mol. The maximum atomic E-state index is 12.3. The molecule has 114 valence electrons. The zero-order valence-corrected chi connectivity index (χ0v) is 12.6. The molecule has 1 aromatic carbocycles. The van der Waals surface area contributed by atoms with E-state index in [1.807, 2.05) is 24.0 Å². The van der Waals surface area contributed by atoms with E-state index in [4.69, 9.17) is 0 Å². The smallest absolute Gasteiger partial charge is 0.318 e. The van der Waals surface area contributed by atoms with E-state index < -0.39 is 0 Å². The molecule has 2 aliphatic rings. The van der Waals surface area contributed by atoms with Gasteiger partial charge in [0, 0.05) is 31.7 Å². The fourth-order valence-electron chi connectivity index (χ4n) is 3.68. The van der Waals surface area contributed by atoms with Crippen molar-refractivity contribution < 1.29 is 9.90 Å². The number of carbonyl (C=O) groups excluding carboxylic acids is 1. The van der Waals surface area contributed by atoms with Gasteiger partial charge < -0.3 is 20.2 Å². The van der Waals surface area contributed by atoms with Crippen molar-refractivity contribution in [1.82, 2.24) is 10.2 Å². The first kappa shape index (κ1) is 14.2. The van der Waals surface area contributed by atoms with Crippen LogP contribution >= 0.6 is 0 Å². The van der Waals surface area contributed by atoms with Crippen LogP contribution in [0.15, 0.2) is 24.3 Å². The van der Waals surface area contributed by atoms with Gasteiger partial charge in [-0.3, -0.25) is 0 Å². The number of carbonyl (C=O) groups is 1. The molecule has 21 heavy (non-hydrogen) atoms. The summed E-state index contributed by atoms with van der Waals surface area (Å²) in [5.74, 6) is 0.245. The number of benzene rings is 1. The zero-order chi connectivity index (χ0) is 15.0. The highest BCUT2D eigenvalue weighted by molar-refractivity contribution is 5.78. The lowest BCUT2D eigenvalue weighted by Gasteiger charge is -2.58. The number of anilines is 1. The maximum absolute atomic E-state index is 12.3. The molecule has 5 heteroatoms. The van der Waals surface area contributed by atoms with Crippen LogP contribution in [0, 0.1) is 0 Å². The Morgan fingerprint density at radius 3 is 2.90 bits per heavy atom. The van der Waals surface area contributed by atoms with E-state index in [0.717, 1.165) is 13.0 Å². The van der Waals surface area contributed by atoms with Crippen LogP contribution in [-0.4, -0.2) is 54.9 Å². The molecule has 2 amide bonds. The molecule has 1 saturated heterocycles. The zero-order valence-electron chi connectivity index (χ0n) is 12.6. The Balaban J connectivity index is 1.86. The third kappa shape index (κ3) is 2.16. The molecule has 1 aromatic rings. The lowest BCUT2D eigenvalue weighted by molar-refractivity contribution is -0.00718. The third-order valence-corrected chi connectivity index (χ3v) is 4.66. The number of nitrogens with one attached hydrogen (secondary N) is 1. The standard InChI is InChI=1S/C16H23N3O2/c1-3-8-17-16(21)19-13-9-18(2)12-7-5-4-6-11(12)15(13)14(19)10-20/h4-7,13-15,20H,3,8-10H2,1-2H3,(H,17,21)/t13-,14+,15+/m0/s1. The fourth-order valence-corrected chi connectivity index (χ4v) is 3.68. The van der Waals surface area contributed by atoms with E-state index in [0.29, 0.717) is 6.54 Å². The Bertz CT molecular complexity index is 534. The van der Waals surface area contributed by atoms with E-state index in [2.05, 4.69) is 29.4 Å². The minimum atomic E-state index is -0.110. The normalized spacial score (nSPS) is 26.7. The Morgan fingerprint density at radius 1 is 1.43 bits per heavy atom. The quantitative estimate of drug-likeness (QED) is 0.884. The highest BCUT2D eigenvalue weighted by Gasteiger charge is 2.54. The van der Waals surface area contributed by atoms with E-state index >= 15 is 0 Å². The molecule has 0 spiro atoms. The van der Waals surface area contributed by atoms with E-state index in [1.54, 1.807) is 0 Å². The van der Waals surface area contributed by atoms with Crippen molar-refractivity contribution in [2.24, 2.45) is 0 Å². The minimum absolute atomic E-state index is 0.0127. The molecular formula is C16H23N3O2. The first-order valence-corrected chi connectivity index (χ1v) is 7.66. The van der Waals surface area contributed by atoms with Gasteiger partial charge in [0.05, 0.1) is 18.7 Å². The molecule has 2 heterocycles. The monoisotopic (exact) mass is 289 g/mol. The number of aliphatic hydroxyl groups is 1. The summed E-state index contributed by atoms with van der Waals surface area (Å²) in [5.41, 5.74) is 2.46. The summed E-state index contributed by atoms with van der Waals surface area (Å²) < 4.78 is 0. The molecule has 0 aromatic heterocycles. The van der Waals surface area contributed by atoms with Crippen molar-refractivity contribution in [1.29, 1.82) is 0 Å². The van der Waals surface area contributed by atoms with Crippen LogP contribution in [-0.2, 0) is 0 Å². The van der Waals surface area contributed by atoms with Crippen molar-refractivity contribution in [2.75, 3.05) is 31.6 Å². The minimum Gasteiger partial charge on any atom is -0.394 e.